The number of carbonyl (C=O) groups excluding carboxylic acids is 2. The second kappa shape index (κ2) is 6.29. The third-order valence-electron chi connectivity index (χ3n) is 4.67. The van der Waals surface area contributed by atoms with Gasteiger partial charge in [0.15, 0.2) is 0 Å². The minimum atomic E-state index is 0.164. The third-order valence-corrected chi connectivity index (χ3v) is 4.67. The molecule has 0 radical (unpaired) electrons. The molecule has 1 aliphatic rings. The zero-order chi connectivity index (χ0) is 15.6. The van der Waals surface area contributed by atoms with E-state index < -0.39 is 0 Å². The number of hydrogen-bond acceptors (Lipinski definition) is 2. The molecule has 0 atom stereocenters. The SMILES string of the molecule is Cc1cc(C)c(C)c(CC(=O)N2CCN(C=O)CC2)c1C. The molecule has 2 rings (SSSR count). The van der Waals surface area contributed by atoms with Crippen molar-refractivity contribution in [2.24, 2.45) is 0 Å². The standard InChI is InChI=1S/C17H24N2O2/c1-12-9-13(2)15(4)16(14(12)3)10-17(21)19-7-5-18(11-20)6-8-19/h9,11H,5-8,10H2,1-4H3. The van der Waals surface area contributed by atoms with Gasteiger partial charge in [-0.2, -0.15) is 0 Å². The molecule has 0 aliphatic carbocycles. The summed E-state index contributed by atoms with van der Waals surface area (Å²) in [5, 5.41) is 0. The minimum absolute atomic E-state index is 0.164. The molecular formula is C17H24N2O2. The van der Waals surface area contributed by atoms with Crippen molar-refractivity contribution in [3.63, 3.8) is 0 Å². The summed E-state index contributed by atoms with van der Waals surface area (Å²) in [4.78, 5) is 26.8. The Hall–Kier alpha value is -1.84. The average Bonchev–Trinajstić information content (AvgIpc) is 2.49. The number of hydrogen-bond donors (Lipinski definition) is 0. The molecule has 0 unspecified atom stereocenters. The predicted octanol–water partition coefficient (Wildman–Crippen LogP) is 1.76. The number of nitrogens with zero attached hydrogens (tertiary/aromatic N) is 2. The van der Waals surface area contributed by atoms with Gasteiger partial charge in [0.25, 0.3) is 0 Å². The van der Waals surface area contributed by atoms with Crippen LogP contribution in [0.4, 0.5) is 0 Å². The zero-order valence-corrected chi connectivity index (χ0v) is 13.4. The molecule has 1 aromatic rings. The largest absolute Gasteiger partial charge is 0.342 e. The Balaban J connectivity index is 2.12. The molecule has 1 fully saturated rings. The zero-order valence-electron chi connectivity index (χ0n) is 13.4. The van der Waals surface area contributed by atoms with Crippen molar-refractivity contribution in [1.82, 2.24) is 9.80 Å². The van der Waals surface area contributed by atoms with Crippen LogP contribution >= 0.6 is 0 Å². The Morgan fingerprint density at radius 3 is 2.05 bits per heavy atom. The summed E-state index contributed by atoms with van der Waals surface area (Å²) in [6.07, 6.45) is 1.32. The van der Waals surface area contributed by atoms with E-state index in [-0.39, 0.29) is 5.91 Å². The van der Waals surface area contributed by atoms with Crippen LogP contribution in [0.25, 0.3) is 0 Å². The molecule has 1 aromatic carbocycles. The molecule has 1 aliphatic heterocycles. The quantitative estimate of drug-likeness (QED) is 0.795. The summed E-state index contributed by atoms with van der Waals surface area (Å²) in [6, 6.07) is 2.18. The fraction of sp³-hybridized carbons (Fsp3) is 0.529. The van der Waals surface area contributed by atoms with Crippen LogP contribution in [0.15, 0.2) is 6.07 Å². The Morgan fingerprint density at radius 1 is 1.05 bits per heavy atom. The van der Waals surface area contributed by atoms with E-state index in [1.165, 1.54) is 22.3 Å². The summed E-state index contributed by atoms with van der Waals surface area (Å²) < 4.78 is 0. The summed E-state index contributed by atoms with van der Waals surface area (Å²) in [5.41, 5.74) is 6.09. The van der Waals surface area contributed by atoms with E-state index in [1.807, 2.05) is 4.90 Å². The van der Waals surface area contributed by atoms with Gasteiger partial charge in [-0.1, -0.05) is 6.07 Å². The smallest absolute Gasteiger partial charge is 0.227 e. The number of aryl methyl sites for hydroxylation is 2. The van der Waals surface area contributed by atoms with Crippen LogP contribution in [0.1, 0.15) is 27.8 Å². The lowest BCUT2D eigenvalue weighted by molar-refractivity contribution is -0.134. The molecule has 1 heterocycles. The second-order valence-electron chi connectivity index (χ2n) is 5.94. The summed E-state index contributed by atoms with van der Waals surface area (Å²) in [6.45, 7) is 10.9. The Labute approximate surface area is 126 Å². The molecule has 2 amide bonds. The summed E-state index contributed by atoms with van der Waals surface area (Å²) in [7, 11) is 0. The maximum atomic E-state index is 12.5. The van der Waals surface area contributed by atoms with E-state index in [1.54, 1.807) is 4.90 Å². The van der Waals surface area contributed by atoms with Gasteiger partial charge in [-0.05, 0) is 55.5 Å². The molecule has 1 saturated heterocycles. The van der Waals surface area contributed by atoms with Gasteiger partial charge in [-0.25, -0.2) is 0 Å². The van der Waals surface area contributed by atoms with Gasteiger partial charge in [0.1, 0.15) is 0 Å². The van der Waals surface area contributed by atoms with Crippen LogP contribution in [0, 0.1) is 27.7 Å². The monoisotopic (exact) mass is 288 g/mol. The fourth-order valence-electron chi connectivity index (χ4n) is 2.90. The molecule has 0 N–H and O–H groups in total. The minimum Gasteiger partial charge on any atom is -0.342 e. The lowest BCUT2D eigenvalue weighted by Gasteiger charge is -2.33. The fourth-order valence-corrected chi connectivity index (χ4v) is 2.90. The van der Waals surface area contributed by atoms with Gasteiger partial charge in [0.05, 0.1) is 6.42 Å². The third kappa shape index (κ3) is 3.26. The first kappa shape index (κ1) is 15.5. The van der Waals surface area contributed by atoms with Gasteiger partial charge in [-0.15, -0.1) is 0 Å². The molecule has 114 valence electrons. The molecular weight excluding hydrogens is 264 g/mol. The highest BCUT2D eigenvalue weighted by molar-refractivity contribution is 5.80. The first-order valence-electron chi connectivity index (χ1n) is 7.47. The molecule has 0 aromatic heterocycles. The summed E-state index contributed by atoms with van der Waals surface area (Å²) >= 11 is 0. The van der Waals surface area contributed by atoms with E-state index in [9.17, 15) is 9.59 Å². The van der Waals surface area contributed by atoms with Crippen molar-refractivity contribution >= 4 is 12.3 Å². The van der Waals surface area contributed by atoms with E-state index in [2.05, 4.69) is 33.8 Å². The van der Waals surface area contributed by atoms with Crippen molar-refractivity contribution in [3.05, 3.63) is 33.9 Å². The van der Waals surface area contributed by atoms with Crippen LogP contribution in [-0.4, -0.2) is 48.3 Å². The lowest BCUT2D eigenvalue weighted by Crippen LogP contribution is -2.48. The number of piperazine rings is 1. The Bertz CT molecular complexity index is 532. The maximum Gasteiger partial charge on any atom is 0.227 e. The normalized spacial score (nSPS) is 15.2. The molecule has 0 saturated carbocycles. The van der Waals surface area contributed by atoms with Gasteiger partial charge in [-0.3, -0.25) is 9.59 Å². The van der Waals surface area contributed by atoms with Crippen molar-refractivity contribution < 1.29 is 9.59 Å². The predicted molar refractivity (Wildman–Crippen MR) is 83.3 cm³/mol. The van der Waals surface area contributed by atoms with Crippen molar-refractivity contribution in [2.75, 3.05) is 26.2 Å². The van der Waals surface area contributed by atoms with Crippen molar-refractivity contribution in [3.8, 4) is 0 Å². The Kier molecular flexibility index (Phi) is 4.66. The van der Waals surface area contributed by atoms with Crippen LogP contribution in [0.2, 0.25) is 0 Å². The van der Waals surface area contributed by atoms with E-state index in [0.717, 1.165) is 12.0 Å². The first-order valence-corrected chi connectivity index (χ1v) is 7.47. The van der Waals surface area contributed by atoms with Crippen LogP contribution in [-0.2, 0) is 16.0 Å². The van der Waals surface area contributed by atoms with Crippen LogP contribution in [0.3, 0.4) is 0 Å². The highest BCUT2D eigenvalue weighted by Gasteiger charge is 2.21. The van der Waals surface area contributed by atoms with Gasteiger partial charge < -0.3 is 9.80 Å². The number of amides is 2. The molecule has 0 spiro atoms. The van der Waals surface area contributed by atoms with E-state index >= 15 is 0 Å². The highest BCUT2D eigenvalue weighted by atomic mass is 16.2. The maximum absolute atomic E-state index is 12.5. The van der Waals surface area contributed by atoms with Crippen molar-refractivity contribution in [2.45, 2.75) is 34.1 Å². The molecule has 4 nitrogen and oxygen atoms in total. The van der Waals surface area contributed by atoms with Crippen LogP contribution < -0.4 is 0 Å². The van der Waals surface area contributed by atoms with Gasteiger partial charge in [0, 0.05) is 26.2 Å². The van der Waals surface area contributed by atoms with Crippen molar-refractivity contribution in [1.29, 1.82) is 0 Å². The highest BCUT2D eigenvalue weighted by Crippen LogP contribution is 2.22. The number of rotatable bonds is 3. The Morgan fingerprint density at radius 2 is 1.57 bits per heavy atom. The number of benzene rings is 1. The average molecular weight is 288 g/mol. The second-order valence-corrected chi connectivity index (χ2v) is 5.94. The first-order chi connectivity index (χ1) is 9.93. The van der Waals surface area contributed by atoms with Gasteiger partial charge >= 0.3 is 0 Å². The lowest BCUT2D eigenvalue weighted by atomic mass is 9.92. The van der Waals surface area contributed by atoms with E-state index in [0.29, 0.717) is 32.6 Å². The number of carbonyl (C=O) groups is 2. The molecule has 4 heteroatoms. The molecule has 21 heavy (non-hydrogen) atoms. The summed E-state index contributed by atoms with van der Waals surface area (Å²) in [5.74, 6) is 0.164. The van der Waals surface area contributed by atoms with Crippen LogP contribution in [0.5, 0.6) is 0 Å². The molecule has 0 bridgehead atoms. The van der Waals surface area contributed by atoms with E-state index in [4.69, 9.17) is 0 Å². The topological polar surface area (TPSA) is 40.6 Å². The van der Waals surface area contributed by atoms with Gasteiger partial charge in [0.2, 0.25) is 12.3 Å².